The lowest BCUT2D eigenvalue weighted by atomic mass is 9.33. The molecule has 4 aromatic carbocycles. The van der Waals surface area contributed by atoms with Crippen molar-refractivity contribution in [3.05, 3.63) is 162 Å². The number of nitrogens with zero attached hydrogens (tertiary/aromatic N) is 4. The highest BCUT2D eigenvalue weighted by molar-refractivity contribution is 7.00. The zero-order valence-corrected chi connectivity index (χ0v) is 32.4. The fraction of sp³-hybridized carbons (Fsp3) is 0.224. The molecule has 6 aromatic rings. The van der Waals surface area contributed by atoms with E-state index in [1.807, 2.05) is 24.5 Å². The Kier molecular flexibility index (Phi) is 8.04. The molecule has 0 radical (unpaired) electrons. The summed E-state index contributed by atoms with van der Waals surface area (Å²) in [6.07, 6.45) is 9.46. The fourth-order valence-electron chi connectivity index (χ4n) is 8.62. The summed E-state index contributed by atoms with van der Waals surface area (Å²) in [5, 5.41) is 0. The molecule has 0 saturated heterocycles. The van der Waals surface area contributed by atoms with E-state index in [9.17, 15) is 0 Å². The van der Waals surface area contributed by atoms with Gasteiger partial charge in [0.15, 0.2) is 0 Å². The number of hydrogen-bond donors (Lipinski definition) is 0. The number of hydrogen-bond acceptors (Lipinski definition) is 4. The summed E-state index contributed by atoms with van der Waals surface area (Å²) in [4.78, 5) is 14.9. The maximum Gasteiger partial charge on any atom is 0.252 e. The van der Waals surface area contributed by atoms with Gasteiger partial charge in [0.1, 0.15) is 0 Å². The van der Waals surface area contributed by atoms with E-state index in [4.69, 9.17) is 9.97 Å². The molecule has 0 amide bonds. The summed E-state index contributed by atoms with van der Waals surface area (Å²) in [6.45, 7) is 16.2. The Morgan fingerprint density at radius 2 is 1.13 bits per heavy atom. The van der Waals surface area contributed by atoms with Crippen LogP contribution in [0.2, 0.25) is 0 Å². The van der Waals surface area contributed by atoms with Crippen LogP contribution in [-0.4, -0.2) is 16.7 Å². The van der Waals surface area contributed by atoms with Gasteiger partial charge in [-0.3, -0.25) is 9.97 Å². The monoisotopic (exact) mass is 702 g/mol. The number of para-hydroxylation sites is 1. The minimum atomic E-state index is -0.0228. The van der Waals surface area contributed by atoms with Crippen molar-refractivity contribution in [1.29, 1.82) is 0 Å². The highest BCUT2D eigenvalue weighted by atomic mass is 15.2. The standard InChI is InChI=1S/C49H47BN4/c1-32-21-26-42(36(29-32)40-17-11-13-28-52-40)54-44-20-14-19-43-47(44)50(38-25-23-34(31-46(38)54)49(5,6)7)37-24-22-33(48(2,3)4)30-45(37)53(43)41-18-9-8-15-35(41)39-16-10-12-27-51-39/h8-28,30-32H,29H2,1-7H3. The molecule has 0 N–H and O–H groups in total. The maximum atomic E-state index is 4.93. The summed E-state index contributed by atoms with van der Waals surface area (Å²) >= 11 is 0. The highest BCUT2D eigenvalue weighted by Crippen LogP contribution is 2.47. The second-order valence-corrected chi connectivity index (χ2v) is 17.2. The number of benzene rings is 4. The smallest absolute Gasteiger partial charge is 0.252 e. The second-order valence-electron chi connectivity index (χ2n) is 17.2. The molecule has 266 valence electrons. The molecule has 9 rings (SSSR count). The first kappa shape index (κ1) is 34.1. The van der Waals surface area contributed by atoms with Gasteiger partial charge in [0.2, 0.25) is 0 Å². The average molecular weight is 703 g/mol. The van der Waals surface area contributed by atoms with Gasteiger partial charge in [-0.2, -0.15) is 0 Å². The van der Waals surface area contributed by atoms with Crippen LogP contribution in [0.1, 0.15) is 71.7 Å². The largest absolute Gasteiger partial charge is 0.311 e. The third-order valence-electron chi connectivity index (χ3n) is 11.4. The number of anilines is 5. The molecule has 4 heterocycles. The summed E-state index contributed by atoms with van der Waals surface area (Å²) in [6, 6.07) is 42.6. The van der Waals surface area contributed by atoms with Gasteiger partial charge in [-0.15, -0.1) is 0 Å². The number of rotatable bonds is 4. The molecule has 2 aromatic heterocycles. The number of fused-ring (bicyclic) bond motifs is 4. The minimum Gasteiger partial charge on any atom is -0.311 e. The van der Waals surface area contributed by atoms with Crippen molar-refractivity contribution in [3.63, 3.8) is 0 Å². The molecule has 54 heavy (non-hydrogen) atoms. The molecule has 0 saturated carbocycles. The van der Waals surface area contributed by atoms with Crippen molar-refractivity contribution in [2.75, 3.05) is 9.80 Å². The molecule has 4 nitrogen and oxygen atoms in total. The van der Waals surface area contributed by atoms with Gasteiger partial charge in [-0.25, -0.2) is 0 Å². The Labute approximate surface area is 321 Å². The molecular formula is C49H47BN4. The average Bonchev–Trinajstić information content (AvgIpc) is 3.17. The molecular weight excluding hydrogens is 655 g/mol. The molecule has 1 atom stereocenters. The lowest BCUT2D eigenvalue weighted by molar-refractivity contribution is 0.590. The molecule has 0 fully saturated rings. The van der Waals surface area contributed by atoms with E-state index in [2.05, 4.69) is 174 Å². The van der Waals surface area contributed by atoms with Crippen LogP contribution in [0, 0.1) is 5.92 Å². The first-order valence-electron chi connectivity index (χ1n) is 19.3. The normalized spacial score (nSPS) is 16.3. The Bertz CT molecular complexity index is 2470. The molecule has 5 heteroatoms. The van der Waals surface area contributed by atoms with E-state index in [0.29, 0.717) is 5.92 Å². The second kappa shape index (κ2) is 12.7. The van der Waals surface area contributed by atoms with Crippen molar-refractivity contribution in [2.45, 2.75) is 65.7 Å². The number of allylic oxidation sites excluding steroid dienone is 3. The minimum absolute atomic E-state index is 0.0179. The van der Waals surface area contributed by atoms with Gasteiger partial charge < -0.3 is 9.80 Å². The van der Waals surface area contributed by atoms with Gasteiger partial charge in [0.05, 0.1) is 22.8 Å². The van der Waals surface area contributed by atoms with E-state index in [-0.39, 0.29) is 17.5 Å². The van der Waals surface area contributed by atoms with Crippen LogP contribution in [-0.2, 0) is 10.8 Å². The quantitative estimate of drug-likeness (QED) is 0.171. The van der Waals surface area contributed by atoms with Gasteiger partial charge in [-0.05, 0) is 111 Å². The van der Waals surface area contributed by atoms with Crippen LogP contribution < -0.4 is 26.2 Å². The van der Waals surface area contributed by atoms with E-state index in [1.165, 1.54) is 61.5 Å². The molecule has 1 aliphatic carbocycles. The van der Waals surface area contributed by atoms with Crippen LogP contribution in [0.3, 0.4) is 0 Å². The van der Waals surface area contributed by atoms with E-state index in [0.717, 1.165) is 29.1 Å². The SMILES string of the molecule is CC1C=CC(N2c3cc(C(C)(C)C)ccc3B3c4ccc(C(C)(C)C)cc4N(c4ccccc4-c4ccccn4)c4cccc2c43)=C(c2ccccn2)C1. The fourth-order valence-corrected chi connectivity index (χ4v) is 8.62. The lowest BCUT2D eigenvalue weighted by Gasteiger charge is -2.46. The molecule has 2 aliphatic heterocycles. The van der Waals surface area contributed by atoms with Gasteiger partial charge >= 0.3 is 0 Å². The molecule has 0 bridgehead atoms. The summed E-state index contributed by atoms with van der Waals surface area (Å²) in [5.74, 6) is 0.413. The number of aromatic nitrogens is 2. The third-order valence-corrected chi connectivity index (χ3v) is 11.4. The number of pyridine rings is 2. The summed E-state index contributed by atoms with van der Waals surface area (Å²) < 4.78 is 0. The van der Waals surface area contributed by atoms with E-state index < -0.39 is 0 Å². The summed E-state index contributed by atoms with van der Waals surface area (Å²) in [5.41, 5.74) is 18.1. The van der Waals surface area contributed by atoms with Crippen LogP contribution >= 0.6 is 0 Å². The first-order valence-corrected chi connectivity index (χ1v) is 19.3. The van der Waals surface area contributed by atoms with Crippen molar-refractivity contribution < 1.29 is 0 Å². The molecule has 0 spiro atoms. The van der Waals surface area contributed by atoms with Crippen molar-refractivity contribution in [3.8, 4) is 11.3 Å². The van der Waals surface area contributed by atoms with Crippen LogP contribution in [0.15, 0.2) is 146 Å². The van der Waals surface area contributed by atoms with Crippen LogP contribution in [0.4, 0.5) is 28.4 Å². The van der Waals surface area contributed by atoms with Gasteiger partial charge in [-0.1, -0.05) is 115 Å². The summed E-state index contributed by atoms with van der Waals surface area (Å²) in [7, 11) is 0. The topological polar surface area (TPSA) is 32.3 Å². The Morgan fingerprint density at radius 1 is 0.574 bits per heavy atom. The molecule has 3 aliphatic rings. The van der Waals surface area contributed by atoms with Crippen molar-refractivity contribution >= 4 is 57.1 Å². The van der Waals surface area contributed by atoms with E-state index >= 15 is 0 Å². The predicted octanol–water partition coefficient (Wildman–Crippen LogP) is 10.5. The Morgan fingerprint density at radius 3 is 1.74 bits per heavy atom. The van der Waals surface area contributed by atoms with Crippen molar-refractivity contribution in [1.82, 2.24) is 9.97 Å². The Balaban J connectivity index is 1.38. The lowest BCUT2D eigenvalue weighted by Crippen LogP contribution is -2.62. The van der Waals surface area contributed by atoms with Crippen molar-refractivity contribution in [2.24, 2.45) is 5.92 Å². The zero-order valence-electron chi connectivity index (χ0n) is 32.4. The Hall–Kier alpha value is -5.68. The van der Waals surface area contributed by atoms with E-state index in [1.54, 1.807) is 0 Å². The van der Waals surface area contributed by atoms with Crippen LogP contribution in [0.25, 0.3) is 16.8 Å². The first-order chi connectivity index (χ1) is 26.0. The third kappa shape index (κ3) is 5.60. The maximum absolute atomic E-state index is 4.93. The molecule has 1 unspecified atom stereocenters. The predicted molar refractivity (Wildman–Crippen MR) is 229 cm³/mol. The highest BCUT2D eigenvalue weighted by Gasteiger charge is 2.44. The van der Waals surface area contributed by atoms with Gasteiger partial charge in [0, 0.05) is 46.3 Å². The van der Waals surface area contributed by atoms with Gasteiger partial charge in [0.25, 0.3) is 6.71 Å². The van der Waals surface area contributed by atoms with Crippen LogP contribution in [0.5, 0.6) is 0 Å². The zero-order chi connectivity index (χ0) is 37.4.